The molecular formula is C21H20FN3O3. The minimum atomic E-state index is -0.523. The normalized spacial score (nSPS) is 17.0. The van der Waals surface area contributed by atoms with Crippen molar-refractivity contribution in [2.45, 2.75) is 12.6 Å². The Morgan fingerprint density at radius 3 is 2.64 bits per heavy atom. The van der Waals surface area contributed by atoms with Gasteiger partial charge in [0.1, 0.15) is 18.5 Å². The minimum absolute atomic E-state index is 0.0767. The van der Waals surface area contributed by atoms with E-state index in [0.29, 0.717) is 25.3 Å². The van der Waals surface area contributed by atoms with E-state index in [4.69, 9.17) is 10.5 Å². The van der Waals surface area contributed by atoms with Crippen molar-refractivity contribution in [3.05, 3.63) is 71.7 Å². The molecule has 2 heterocycles. The van der Waals surface area contributed by atoms with Crippen LogP contribution in [0.4, 0.5) is 4.39 Å². The molecule has 0 radical (unpaired) electrons. The van der Waals surface area contributed by atoms with Crippen LogP contribution < -0.4 is 5.73 Å². The van der Waals surface area contributed by atoms with E-state index in [2.05, 4.69) is 0 Å². The van der Waals surface area contributed by atoms with Crippen LogP contribution in [0.2, 0.25) is 0 Å². The minimum Gasteiger partial charge on any atom is -0.370 e. The Morgan fingerprint density at radius 1 is 1.14 bits per heavy atom. The number of carbonyl (C=O) groups is 2. The Labute approximate surface area is 161 Å². The number of benzene rings is 2. The molecule has 28 heavy (non-hydrogen) atoms. The molecule has 1 aromatic heterocycles. The first-order valence-electron chi connectivity index (χ1n) is 9.05. The molecule has 2 amide bonds. The highest BCUT2D eigenvalue weighted by Crippen LogP contribution is 2.24. The van der Waals surface area contributed by atoms with Crippen LogP contribution in [0.15, 0.2) is 54.7 Å². The fourth-order valence-electron chi connectivity index (χ4n) is 3.57. The number of ether oxygens (including phenoxy) is 1. The number of nitrogens with zero attached hydrogens (tertiary/aromatic N) is 2. The van der Waals surface area contributed by atoms with E-state index in [-0.39, 0.29) is 24.4 Å². The molecular weight excluding hydrogens is 361 g/mol. The molecule has 6 nitrogen and oxygen atoms in total. The highest BCUT2D eigenvalue weighted by Gasteiger charge is 2.26. The van der Waals surface area contributed by atoms with E-state index in [0.717, 1.165) is 16.5 Å². The average molecular weight is 381 g/mol. The topological polar surface area (TPSA) is 77.6 Å². The molecule has 1 saturated heterocycles. The maximum absolute atomic E-state index is 13.1. The second kappa shape index (κ2) is 7.44. The van der Waals surface area contributed by atoms with Gasteiger partial charge in [0.25, 0.3) is 5.91 Å². The number of nitrogens with two attached hydrogens (primary N) is 1. The largest absolute Gasteiger partial charge is 0.370 e. The number of halogens is 1. The van der Waals surface area contributed by atoms with Gasteiger partial charge in [0.05, 0.1) is 18.7 Å². The van der Waals surface area contributed by atoms with Gasteiger partial charge in [-0.05, 0) is 23.8 Å². The van der Waals surface area contributed by atoms with Gasteiger partial charge in [-0.3, -0.25) is 9.59 Å². The molecule has 2 N–H and O–H groups in total. The van der Waals surface area contributed by atoms with Crippen LogP contribution >= 0.6 is 0 Å². The van der Waals surface area contributed by atoms with Crippen molar-refractivity contribution in [3.63, 3.8) is 0 Å². The number of primary amides is 1. The molecule has 144 valence electrons. The summed E-state index contributed by atoms with van der Waals surface area (Å²) in [6.45, 7) is 1.39. The van der Waals surface area contributed by atoms with Gasteiger partial charge in [-0.2, -0.15) is 0 Å². The zero-order valence-electron chi connectivity index (χ0n) is 15.2. The third-order valence-electron chi connectivity index (χ3n) is 5.02. The molecule has 1 aliphatic rings. The fraction of sp³-hybridized carbons (Fsp3) is 0.238. The first-order chi connectivity index (χ1) is 13.5. The SMILES string of the molecule is NC(=O)c1cn(CC(=O)N2CCO[C@H](c3ccc(F)cc3)C2)c2ccccc12. The molecule has 1 fully saturated rings. The van der Waals surface area contributed by atoms with Crippen molar-refractivity contribution in [1.29, 1.82) is 0 Å². The molecule has 4 rings (SSSR count). The summed E-state index contributed by atoms with van der Waals surface area (Å²) in [5, 5.41) is 0.731. The zero-order chi connectivity index (χ0) is 19.7. The Hall–Kier alpha value is -3.19. The van der Waals surface area contributed by atoms with Crippen molar-refractivity contribution >= 4 is 22.7 Å². The van der Waals surface area contributed by atoms with Gasteiger partial charge in [0.2, 0.25) is 5.91 Å². The van der Waals surface area contributed by atoms with E-state index in [9.17, 15) is 14.0 Å². The van der Waals surface area contributed by atoms with E-state index in [1.807, 2.05) is 24.3 Å². The van der Waals surface area contributed by atoms with Gasteiger partial charge in [0.15, 0.2) is 0 Å². The highest BCUT2D eigenvalue weighted by atomic mass is 19.1. The van der Waals surface area contributed by atoms with Gasteiger partial charge in [-0.1, -0.05) is 30.3 Å². The lowest BCUT2D eigenvalue weighted by molar-refractivity contribution is -0.139. The quantitative estimate of drug-likeness (QED) is 0.754. The Bertz CT molecular complexity index is 1030. The van der Waals surface area contributed by atoms with Gasteiger partial charge in [-0.25, -0.2) is 4.39 Å². The van der Waals surface area contributed by atoms with E-state index in [1.165, 1.54) is 12.1 Å². The van der Waals surface area contributed by atoms with Crippen LogP contribution in [0, 0.1) is 5.82 Å². The summed E-state index contributed by atoms with van der Waals surface area (Å²) in [5.41, 5.74) is 7.49. The number of amides is 2. The summed E-state index contributed by atoms with van der Waals surface area (Å²) in [7, 11) is 0. The lowest BCUT2D eigenvalue weighted by atomic mass is 10.1. The highest BCUT2D eigenvalue weighted by molar-refractivity contribution is 6.06. The molecule has 1 aliphatic heterocycles. The summed E-state index contributed by atoms with van der Waals surface area (Å²) < 4.78 is 20.7. The van der Waals surface area contributed by atoms with Crippen molar-refractivity contribution in [3.8, 4) is 0 Å². The number of hydrogen-bond acceptors (Lipinski definition) is 3. The van der Waals surface area contributed by atoms with Crippen molar-refractivity contribution < 1.29 is 18.7 Å². The lowest BCUT2D eigenvalue weighted by Gasteiger charge is -2.33. The Kier molecular flexibility index (Phi) is 4.83. The summed E-state index contributed by atoms with van der Waals surface area (Å²) in [4.78, 5) is 26.3. The van der Waals surface area contributed by atoms with Crippen molar-refractivity contribution in [2.24, 2.45) is 5.73 Å². The second-order valence-corrected chi connectivity index (χ2v) is 6.80. The maximum Gasteiger partial charge on any atom is 0.250 e. The zero-order valence-corrected chi connectivity index (χ0v) is 15.2. The third-order valence-corrected chi connectivity index (χ3v) is 5.02. The monoisotopic (exact) mass is 381 g/mol. The number of aromatic nitrogens is 1. The van der Waals surface area contributed by atoms with Gasteiger partial charge in [0, 0.05) is 23.6 Å². The molecule has 0 unspecified atom stereocenters. The number of carbonyl (C=O) groups excluding carboxylic acids is 2. The van der Waals surface area contributed by atoms with E-state index in [1.54, 1.807) is 27.8 Å². The van der Waals surface area contributed by atoms with Gasteiger partial charge < -0.3 is 19.9 Å². The molecule has 3 aromatic rings. The Balaban J connectivity index is 1.53. The predicted molar refractivity (Wildman–Crippen MR) is 102 cm³/mol. The van der Waals surface area contributed by atoms with Crippen LogP contribution in [-0.4, -0.2) is 41.0 Å². The summed E-state index contributed by atoms with van der Waals surface area (Å²) in [5.74, 6) is -0.908. The van der Waals surface area contributed by atoms with Crippen LogP contribution in [0.1, 0.15) is 22.0 Å². The second-order valence-electron chi connectivity index (χ2n) is 6.80. The average Bonchev–Trinajstić information content (AvgIpc) is 3.07. The molecule has 0 spiro atoms. The third kappa shape index (κ3) is 3.48. The first-order valence-corrected chi connectivity index (χ1v) is 9.05. The molecule has 0 aliphatic carbocycles. The van der Waals surface area contributed by atoms with Gasteiger partial charge >= 0.3 is 0 Å². The van der Waals surface area contributed by atoms with Crippen LogP contribution in [0.25, 0.3) is 10.9 Å². The Morgan fingerprint density at radius 2 is 1.89 bits per heavy atom. The number of hydrogen-bond donors (Lipinski definition) is 1. The van der Waals surface area contributed by atoms with Crippen LogP contribution in [0.3, 0.4) is 0 Å². The van der Waals surface area contributed by atoms with E-state index < -0.39 is 5.91 Å². The number of morpholine rings is 1. The standard InChI is InChI=1S/C21H20FN3O3/c22-15-7-5-14(6-8-15)19-12-24(9-10-28-19)20(26)13-25-11-17(21(23)27)16-3-1-2-4-18(16)25/h1-8,11,19H,9-10,12-13H2,(H2,23,27)/t19-/m0/s1. The molecule has 0 bridgehead atoms. The fourth-order valence-corrected chi connectivity index (χ4v) is 3.57. The number of para-hydroxylation sites is 1. The van der Waals surface area contributed by atoms with Crippen LogP contribution in [-0.2, 0) is 16.1 Å². The van der Waals surface area contributed by atoms with Crippen molar-refractivity contribution in [2.75, 3.05) is 19.7 Å². The lowest BCUT2D eigenvalue weighted by Crippen LogP contribution is -2.43. The predicted octanol–water partition coefficient (Wildman–Crippen LogP) is 2.48. The summed E-state index contributed by atoms with van der Waals surface area (Å²) >= 11 is 0. The first kappa shape index (κ1) is 18.2. The van der Waals surface area contributed by atoms with E-state index >= 15 is 0 Å². The number of fused-ring (bicyclic) bond motifs is 1. The molecule has 1 atom stereocenters. The van der Waals surface area contributed by atoms with Crippen molar-refractivity contribution in [1.82, 2.24) is 9.47 Å². The summed E-state index contributed by atoms with van der Waals surface area (Å²) in [6.07, 6.45) is 1.34. The van der Waals surface area contributed by atoms with Gasteiger partial charge in [-0.15, -0.1) is 0 Å². The maximum atomic E-state index is 13.1. The smallest absolute Gasteiger partial charge is 0.250 e. The molecule has 7 heteroatoms. The molecule has 2 aromatic carbocycles. The van der Waals surface area contributed by atoms with Crippen LogP contribution in [0.5, 0.6) is 0 Å². The molecule has 0 saturated carbocycles. The summed E-state index contributed by atoms with van der Waals surface area (Å²) in [6, 6.07) is 13.5. The number of rotatable bonds is 4.